The van der Waals surface area contributed by atoms with Crippen LogP contribution in [0.25, 0.3) is 6.08 Å². The highest BCUT2D eigenvalue weighted by molar-refractivity contribution is 6.40. The summed E-state index contributed by atoms with van der Waals surface area (Å²) in [5.74, 6) is -1.86. The van der Waals surface area contributed by atoms with Gasteiger partial charge in [-0.3, -0.25) is 0 Å². The molecule has 1 atom stereocenters. The van der Waals surface area contributed by atoms with Gasteiger partial charge in [0.05, 0.1) is 18.4 Å². The maximum Gasteiger partial charge on any atom is 0.430 e. The molecule has 1 aromatic heterocycles. The van der Waals surface area contributed by atoms with Crippen LogP contribution >= 0.6 is 34.8 Å². The highest BCUT2D eigenvalue weighted by Crippen LogP contribution is 2.39. The zero-order valence-electron chi connectivity index (χ0n) is 12.5. The molecule has 1 aromatic carbocycles. The molecule has 0 aliphatic carbocycles. The van der Waals surface area contributed by atoms with Crippen LogP contribution in [0.1, 0.15) is 11.1 Å². The molecule has 0 radical (unpaired) electrons. The highest BCUT2D eigenvalue weighted by Gasteiger charge is 2.48. The fraction of sp³-hybridized carbons (Fsp3) is 0.200. The van der Waals surface area contributed by atoms with Gasteiger partial charge in [0, 0.05) is 10.6 Å². The molecular weight excluding hydrogens is 420 g/mol. The standard InChI is InChI=1S/C15H8Cl3F3N2O3/c16-9-2-6-1-8(14(24)25)11(15(19,20)21)26-10(6)3-7(9)4-23-5-22-12(17)13(23)18/h1-3,5,11H,4H2,(H,24,25). The zero-order valence-corrected chi connectivity index (χ0v) is 14.8. The maximum absolute atomic E-state index is 13.1. The molecular formula is C15H8Cl3F3N2O3. The van der Waals surface area contributed by atoms with E-state index in [9.17, 15) is 18.0 Å². The third-order valence-corrected chi connectivity index (χ3v) is 4.76. The van der Waals surface area contributed by atoms with Crippen molar-refractivity contribution < 1.29 is 27.8 Å². The summed E-state index contributed by atoms with van der Waals surface area (Å²) in [6, 6.07) is 2.63. The summed E-state index contributed by atoms with van der Waals surface area (Å²) in [5, 5.41) is 9.44. The smallest absolute Gasteiger partial charge is 0.430 e. The number of hydrogen-bond acceptors (Lipinski definition) is 3. The monoisotopic (exact) mass is 426 g/mol. The summed E-state index contributed by atoms with van der Waals surface area (Å²) in [5.41, 5.74) is -0.390. The van der Waals surface area contributed by atoms with Crippen molar-refractivity contribution >= 4 is 46.8 Å². The van der Waals surface area contributed by atoms with E-state index in [1.807, 2.05) is 0 Å². The van der Waals surface area contributed by atoms with Crippen molar-refractivity contribution in [2.75, 3.05) is 0 Å². The van der Waals surface area contributed by atoms with Gasteiger partial charge in [0.15, 0.2) is 5.15 Å². The van der Waals surface area contributed by atoms with Gasteiger partial charge in [-0.25, -0.2) is 9.78 Å². The van der Waals surface area contributed by atoms with Crippen molar-refractivity contribution in [1.29, 1.82) is 0 Å². The van der Waals surface area contributed by atoms with E-state index in [1.165, 1.54) is 23.0 Å². The van der Waals surface area contributed by atoms with Crippen molar-refractivity contribution in [3.8, 4) is 5.75 Å². The first-order chi connectivity index (χ1) is 12.1. The number of alkyl halides is 3. The van der Waals surface area contributed by atoms with E-state index in [0.29, 0.717) is 5.56 Å². The van der Waals surface area contributed by atoms with Crippen LogP contribution in [0.3, 0.4) is 0 Å². The number of aromatic nitrogens is 2. The van der Waals surface area contributed by atoms with Gasteiger partial charge in [0.25, 0.3) is 0 Å². The molecule has 2 aromatic rings. The summed E-state index contributed by atoms with van der Waals surface area (Å²) in [7, 11) is 0. The minimum atomic E-state index is -4.89. The number of hydrogen-bond donors (Lipinski definition) is 1. The highest BCUT2D eigenvalue weighted by atomic mass is 35.5. The van der Waals surface area contributed by atoms with Crippen LogP contribution in [0.2, 0.25) is 15.3 Å². The first-order valence-electron chi connectivity index (χ1n) is 6.94. The van der Waals surface area contributed by atoms with E-state index in [4.69, 9.17) is 44.6 Å². The minimum Gasteiger partial charge on any atom is -0.478 e. The lowest BCUT2D eigenvalue weighted by atomic mass is 10.00. The molecule has 0 fully saturated rings. The van der Waals surface area contributed by atoms with Crippen LogP contribution in [0.15, 0.2) is 24.0 Å². The largest absolute Gasteiger partial charge is 0.478 e. The lowest BCUT2D eigenvalue weighted by Gasteiger charge is -2.27. The summed E-state index contributed by atoms with van der Waals surface area (Å²) >= 11 is 17.9. The van der Waals surface area contributed by atoms with E-state index < -0.39 is 23.8 Å². The van der Waals surface area contributed by atoms with Crippen LogP contribution < -0.4 is 4.74 Å². The number of halogens is 6. The van der Waals surface area contributed by atoms with Crippen LogP contribution in [0, 0.1) is 0 Å². The number of carboxylic acid groups (broad SMARTS) is 1. The van der Waals surface area contributed by atoms with Gasteiger partial charge in [-0.15, -0.1) is 0 Å². The lowest BCUT2D eigenvalue weighted by molar-refractivity contribution is -0.187. The van der Waals surface area contributed by atoms with E-state index >= 15 is 0 Å². The predicted molar refractivity (Wildman–Crippen MR) is 88.9 cm³/mol. The number of ether oxygens (including phenoxy) is 1. The van der Waals surface area contributed by atoms with Crippen molar-refractivity contribution in [1.82, 2.24) is 9.55 Å². The molecule has 0 saturated carbocycles. The number of fused-ring (bicyclic) bond motifs is 1. The third kappa shape index (κ3) is 3.49. The average molecular weight is 428 g/mol. The summed E-state index contributed by atoms with van der Waals surface area (Å²) < 4.78 is 45.8. The van der Waals surface area contributed by atoms with E-state index in [2.05, 4.69) is 4.98 Å². The first-order valence-corrected chi connectivity index (χ1v) is 8.08. The summed E-state index contributed by atoms with van der Waals surface area (Å²) in [6.07, 6.45) is -5.21. The molecule has 5 nitrogen and oxygen atoms in total. The molecule has 0 saturated heterocycles. The van der Waals surface area contributed by atoms with Gasteiger partial charge >= 0.3 is 12.1 Å². The number of carbonyl (C=O) groups is 1. The van der Waals surface area contributed by atoms with Gasteiger partial charge in [0.1, 0.15) is 10.9 Å². The molecule has 1 aliphatic rings. The van der Waals surface area contributed by atoms with Crippen molar-refractivity contribution in [3.05, 3.63) is 50.5 Å². The quantitative estimate of drug-likeness (QED) is 0.772. The fourth-order valence-corrected chi connectivity index (χ4v) is 2.97. The van der Waals surface area contributed by atoms with Gasteiger partial charge < -0.3 is 14.4 Å². The maximum atomic E-state index is 13.1. The number of nitrogens with zero attached hydrogens (tertiary/aromatic N) is 2. The Hall–Kier alpha value is -1.90. The fourth-order valence-electron chi connectivity index (χ4n) is 2.43. The summed E-state index contributed by atoms with van der Waals surface area (Å²) in [6.45, 7) is 0.0835. The molecule has 138 valence electrons. The minimum absolute atomic E-state index is 0.0724. The molecule has 1 N–H and O–H groups in total. The number of aliphatic carboxylic acids is 1. The van der Waals surface area contributed by atoms with Gasteiger partial charge in [-0.2, -0.15) is 13.2 Å². The lowest BCUT2D eigenvalue weighted by Crippen LogP contribution is -2.40. The average Bonchev–Trinajstić information content (AvgIpc) is 2.85. The normalized spacial score (nSPS) is 16.7. The van der Waals surface area contributed by atoms with Gasteiger partial charge in [-0.1, -0.05) is 34.8 Å². The van der Waals surface area contributed by atoms with Gasteiger partial charge in [0.2, 0.25) is 6.10 Å². The molecule has 1 unspecified atom stereocenters. The Morgan fingerprint density at radius 1 is 1.31 bits per heavy atom. The number of benzene rings is 1. The number of rotatable bonds is 3. The molecule has 11 heteroatoms. The van der Waals surface area contributed by atoms with E-state index in [0.717, 1.165) is 6.08 Å². The molecule has 0 bridgehead atoms. The second kappa shape index (κ2) is 6.68. The van der Waals surface area contributed by atoms with Crippen molar-refractivity contribution in [3.63, 3.8) is 0 Å². The zero-order chi connectivity index (χ0) is 19.2. The van der Waals surface area contributed by atoms with Crippen LogP contribution in [-0.2, 0) is 11.3 Å². The Balaban J connectivity index is 2.03. The van der Waals surface area contributed by atoms with Crippen LogP contribution in [0.5, 0.6) is 5.75 Å². The van der Waals surface area contributed by atoms with Gasteiger partial charge in [-0.05, 0) is 23.8 Å². The third-order valence-electron chi connectivity index (χ3n) is 3.63. The number of carboxylic acids is 1. The molecule has 0 amide bonds. The Morgan fingerprint density at radius 2 is 2.00 bits per heavy atom. The van der Waals surface area contributed by atoms with Crippen LogP contribution in [0.4, 0.5) is 13.2 Å². The Kier molecular flexibility index (Phi) is 4.85. The van der Waals surface area contributed by atoms with Crippen LogP contribution in [-0.4, -0.2) is 32.9 Å². The van der Waals surface area contributed by atoms with Crippen molar-refractivity contribution in [2.45, 2.75) is 18.8 Å². The predicted octanol–water partition coefficient (Wildman–Crippen LogP) is 4.68. The Morgan fingerprint density at radius 3 is 2.54 bits per heavy atom. The SMILES string of the molecule is O=C(O)C1=Cc2cc(Cl)c(Cn3cnc(Cl)c3Cl)cc2OC1C(F)(F)F. The molecule has 0 spiro atoms. The topological polar surface area (TPSA) is 64.3 Å². The number of imidazole rings is 1. The Bertz CT molecular complexity index is 925. The summed E-state index contributed by atoms with van der Waals surface area (Å²) in [4.78, 5) is 14.9. The van der Waals surface area contributed by atoms with E-state index in [1.54, 1.807) is 0 Å². The molecule has 3 rings (SSSR count). The Labute approximate surface area is 159 Å². The second-order valence-electron chi connectivity index (χ2n) is 5.38. The molecule has 2 heterocycles. The van der Waals surface area contributed by atoms with E-state index in [-0.39, 0.29) is 33.2 Å². The molecule has 26 heavy (non-hydrogen) atoms. The van der Waals surface area contributed by atoms with Crippen molar-refractivity contribution in [2.24, 2.45) is 0 Å². The second-order valence-corrected chi connectivity index (χ2v) is 6.50. The molecule has 1 aliphatic heterocycles. The first kappa shape index (κ1) is 18.9.